The highest BCUT2D eigenvalue weighted by molar-refractivity contribution is 6.77. The monoisotopic (exact) mass is 1020 g/mol. The first-order valence-corrected chi connectivity index (χ1v) is 30.6. The number of hydrogen-bond donors (Lipinski definition) is 0. The molecule has 2 nitrogen and oxygen atoms in total. The number of aromatic nitrogens is 2. The standard InChI is InChI=1S/C48H64B32N2/c49-11-4(18(56)35(73)44-8(11)2-1(3-14(52)23(61)29(67)24(62)15(3)53)13(51)28(66)39(77)43(2)81(44)48-41(79)33(71)31(69)34(72)42(48)80)5-12(50)9-10-22(60)27(65)32(70)40(78)46(10)82(45(9)36(74)19(5)57)47-37(75)20(58)7(21(59)38(47)76)6-16(54)25(63)30(68)26(64)17(6)55/h49-80H2. The van der Waals surface area contributed by atoms with Gasteiger partial charge in [0.15, 0.2) is 0 Å². The van der Waals surface area contributed by atoms with Gasteiger partial charge in [-0.2, -0.15) is 0 Å². The molecule has 0 amide bonds. The van der Waals surface area contributed by atoms with Gasteiger partial charge in [0.25, 0.3) is 0 Å². The minimum Gasteiger partial charge on any atom is -0.312 e. The molecule has 0 N–H and O–H groups in total. The minimum atomic E-state index is 1.33. The van der Waals surface area contributed by atoms with Gasteiger partial charge >= 0.3 is 0 Å². The fourth-order valence-electron chi connectivity index (χ4n) is 16.3. The van der Waals surface area contributed by atoms with E-state index in [2.05, 4.69) is 260 Å². The maximum atomic E-state index is 2.76. The lowest BCUT2D eigenvalue weighted by Gasteiger charge is -2.29. The highest BCUT2D eigenvalue weighted by Gasteiger charge is 2.33. The summed E-state index contributed by atoms with van der Waals surface area (Å²) in [6, 6.07) is 0. The number of nitrogens with zero attached hydrogens (tertiary/aromatic N) is 2. The summed E-state index contributed by atoms with van der Waals surface area (Å²) in [4.78, 5) is 0. The Balaban J connectivity index is 1.44. The van der Waals surface area contributed by atoms with Crippen LogP contribution < -0.4 is 175 Å². The van der Waals surface area contributed by atoms with Gasteiger partial charge in [-0.25, -0.2) is 0 Å². The van der Waals surface area contributed by atoms with Crippen molar-refractivity contribution in [2.45, 2.75) is 0 Å². The summed E-state index contributed by atoms with van der Waals surface area (Å²) >= 11 is 0. The average molecular weight is 1020 g/mol. The van der Waals surface area contributed by atoms with Crippen molar-refractivity contribution in [2.75, 3.05) is 0 Å². The first-order valence-electron chi connectivity index (χ1n) is 30.6. The third-order valence-corrected chi connectivity index (χ3v) is 23.7. The van der Waals surface area contributed by atoms with Gasteiger partial charge in [-0.05, 0) is 38.8 Å². The molecule has 0 atom stereocenters. The van der Waals surface area contributed by atoms with Crippen LogP contribution in [0.2, 0.25) is 0 Å². The van der Waals surface area contributed by atoms with Gasteiger partial charge in [0.2, 0.25) is 0 Å². The van der Waals surface area contributed by atoms with Crippen molar-refractivity contribution >= 4 is 470 Å². The number of fused-ring (bicyclic) bond motifs is 6. The largest absolute Gasteiger partial charge is 0.312 e. The lowest BCUT2D eigenvalue weighted by Crippen LogP contribution is -2.57. The van der Waals surface area contributed by atoms with Crippen molar-refractivity contribution in [3.63, 3.8) is 0 Å². The fourth-order valence-corrected chi connectivity index (χ4v) is 16.3. The predicted molar refractivity (Wildman–Crippen MR) is 473 cm³/mol. The van der Waals surface area contributed by atoms with E-state index >= 15 is 0 Å². The molecule has 0 spiro atoms. The molecule has 362 valence electrons. The van der Waals surface area contributed by atoms with Crippen LogP contribution in [0.4, 0.5) is 0 Å². The molecule has 0 aliphatic carbocycles. The summed E-state index contributed by atoms with van der Waals surface area (Å²) < 4.78 is 5.52. The van der Waals surface area contributed by atoms with E-state index < -0.39 is 0 Å². The van der Waals surface area contributed by atoms with Crippen LogP contribution in [0.3, 0.4) is 0 Å². The van der Waals surface area contributed by atoms with Crippen LogP contribution in [0, 0.1) is 0 Å². The second-order valence-electron chi connectivity index (χ2n) is 26.5. The van der Waals surface area contributed by atoms with E-state index in [9.17, 15) is 0 Å². The molecule has 0 saturated heterocycles. The zero-order chi connectivity index (χ0) is 60.9. The topological polar surface area (TPSA) is 9.86 Å². The van der Waals surface area contributed by atoms with Gasteiger partial charge in [-0.15, -0.1) is 43.7 Å². The summed E-state index contributed by atoms with van der Waals surface area (Å²) in [6.07, 6.45) is 0. The third-order valence-electron chi connectivity index (χ3n) is 23.7. The van der Waals surface area contributed by atoms with Crippen molar-refractivity contribution in [3.05, 3.63) is 0 Å². The van der Waals surface area contributed by atoms with Crippen LogP contribution in [-0.2, 0) is 0 Å². The molecule has 0 aliphatic heterocycles. The van der Waals surface area contributed by atoms with Gasteiger partial charge in [-0.3, -0.25) is 0 Å². The lowest BCUT2D eigenvalue weighted by atomic mass is 9.56. The molecular weight excluding hydrogens is 951 g/mol. The Morgan fingerprint density at radius 1 is 0.122 bits per heavy atom. The first-order chi connectivity index (χ1) is 38.1. The molecule has 2 heterocycles. The lowest BCUT2D eigenvalue weighted by molar-refractivity contribution is 1.22. The van der Waals surface area contributed by atoms with Crippen molar-refractivity contribution in [1.29, 1.82) is 0 Å². The smallest absolute Gasteiger partial charge is 0.141 e. The molecule has 2 aromatic heterocycles. The van der Waals surface area contributed by atoms with Crippen LogP contribution in [0.25, 0.3) is 88.4 Å². The number of benzene rings is 8. The molecule has 0 fully saturated rings. The summed E-state index contributed by atoms with van der Waals surface area (Å²) in [5, 5.41) is 5.57. The minimum absolute atomic E-state index is 1.33. The third kappa shape index (κ3) is 7.80. The Bertz CT molecular complexity index is 4590. The molecule has 10 rings (SSSR count). The van der Waals surface area contributed by atoms with Crippen molar-refractivity contribution in [1.82, 2.24) is 9.13 Å². The maximum absolute atomic E-state index is 2.76. The van der Waals surface area contributed by atoms with Crippen molar-refractivity contribution in [2.24, 2.45) is 0 Å². The van der Waals surface area contributed by atoms with E-state index in [4.69, 9.17) is 0 Å². The van der Waals surface area contributed by atoms with E-state index in [-0.39, 0.29) is 0 Å². The zero-order valence-electron chi connectivity index (χ0n) is 56.9. The predicted octanol–water partition coefficient (Wildman–Crippen LogP) is -42.8. The van der Waals surface area contributed by atoms with Crippen molar-refractivity contribution in [3.8, 4) is 44.8 Å². The normalized spacial score (nSPS) is 11.8. The van der Waals surface area contributed by atoms with Gasteiger partial charge in [0, 0.05) is 49.6 Å². The summed E-state index contributed by atoms with van der Waals surface area (Å²) in [6.45, 7) is 0. The van der Waals surface area contributed by atoms with E-state index in [0.29, 0.717) is 0 Å². The number of hydrogen-bond acceptors (Lipinski definition) is 0. The first kappa shape index (κ1) is 60.6. The van der Waals surface area contributed by atoms with Crippen LogP contribution in [0.1, 0.15) is 0 Å². The van der Waals surface area contributed by atoms with E-state index in [1.54, 1.807) is 0 Å². The summed E-state index contributed by atoms with van der Waals surface area (Å²) in [5.41, 5.74) is 60.6. The van der Waals surface area contributed by atoms with Gasteiger partial charge in [-0.1, -0.05) is 131 Å². The Morgan fingerprint density at radius 3 is 0.622 bits per heavy atom. The van der Waals surface area contributed by atoms with E-state index in [0.717, 1.165) is 0 Å². The van der Waals surface area contributed by atoms with Crippen LogP contribution in [0.5, 0.6) is 0 Å². The molecule has 0 saturated carbocycles. The second-order valence-corrected chi connectivity index (χ2v) is 26.5. The SMILES string of the molecule is Bc1c(B)c(B)c(-c2c(B)c(B)c(-n3c4c(B)c(B)c(B)c(B)c4c4c(B)c(-c5c(B)c(B)c6c(c5B)c5c(-c7c(B)c(B)c(B)c(B)c7B)c(B)c(B)c(B)c5n6-c5c(B)c(B)c(B)c(B)c5B)c(B)c(B)c43)c(B)c2B)c(B)c1B. The zero-order valence-corrected chi connectivity index (χ0v) is 56.9. The van der Waals surface area contributed by atoms with Gasteiger partial charge < -0.3 is 9.13 Å². The quantitative estimate of drug-likeness (QED) is 0.152. The molecule has 0 unspecified atom stereocenters. The van der Waals surface area contributed by atoms with Gasteiger partial charge in [0.05, 0.1) is 0 Å². The molecule has 8 aromatic carbocycles. The Kier molecular flexibility index (Phi) is 15.2. The maximum Gasteiger partial charge on any atom is 0.141 e. The van der Waals surface area contributed by atoms with Crippen molar-refractivity contribution < 1.29 is 0 Å². The summed E-state index contributed by atoms with van der Waals surface area (Å²) in [7, 11) is 76.3. The average Bonchev–Trinajstić information content (AvgIpc) is 1.64. The fraction of sp³-hybridized carbons (Fsp3) is 0. The number of rotatable bonds is 5. The highest BCUT2D eigenvalue weighted by atomic mass is 15.0. The van der Waals surface area contributed by atoms with E-state index in [1.807, 2.05) is 0 Å². The molecule has 0 bridgehead atoms. The molecular formula is C48H64B32N2. The second kappa shape index (κ2) is 20.6. The Hall–Kier alpha value is -4.56. The van der Waals surface area contributed by atoms with Crippen LogP contribution in [-0.4, -0.2) is 260 Å². The van der Waals surface area contributed by atoms with Crippen LogP contribution in [0.15, 0.2) is 0 Å². The summed E-state index contributed by atoms with van der Waals surface area (Å²) in [5.74, 6) is 0. The van der Waals surface area contributed by atoms with E-state index in [1.165, 1.54) is 263 Å². The molecule has 82 heavy (non-hydrogen) atoms. The molecule has 0 radical (unpaired) electrons. The van der Waals surface area contributed by atoms with Crippen LogP contribution >= 0.6 is 0 Å². The van der Waals surface area contributed by atoms with Gasteiger partial charge in [0.1, 0.15) is 251 Å². The highest BCUT2D eigenvalue weighted by Crippen LogP contribution is 2.35. The Labute approximate surface area is 519 Å². The Morgan fingerprint density at radius 2 is 0.280 bits per heavy atom. The molecule has 10 aromatic rings. The molecule has 0 aliphatic rings. The molecule has 34 heteroatoms.